The number of hydrogen-bond acceptors (Lipinski definition) is 5. The standard InChI is InChI=1S/C16H14ClN5O2/c1-11-4-2-3-5-15(11)24-9-16(23)19-14-8-12(6-7-13(14)17)22-10-18-20-21-22/h2-8,10H,9H2,1H3,(H,19,23). The van der Waals surface area contributed by atoms with Crippen molar-refractivity contribution in [1.82, 2.24) is 20.2 Å². The number of ether oxygens (including phenoxy) is 1. The fourth-order valence-corrected chi connectivity index (χ4v) is 2.24. The number of benzene rings is 2. The van der Waals surface area contributed by atoms with Crippen molar-refractivity contribution in [2.75, 3.05) is 11.9 Å². The molecule has 0 aliphatic heterocycles. The largest absolute Gasteiger partial charge is 0.483 e. The highest BCUT2D eigenvalue weighted by Crippen LogP contribution is 2.24. The summed E-state index contributed by atoms with van der Waals surface area (Å²) in [6, 6.07) is 12.6. The van der Waals surface area contributed by atoms with Crippen molar-refractivity contribution < 1.29 is 9.53 Å². The summed E-state index contributed by atoms with van der Waals surface area (Å²) in [7, 11) is 0. The molecule has 1 aromatic heterocycles. The molecule has 3 aromatic rings. The highest BCUT2D eigenvalue weighted by molar-refractivity contribution is 6.33. The molecule has 1 heterocycles. The monoisotopic (exact) mass is 343 g/mol. The predicted molar refractivity (Wildman–Crippen MR) is 89.5 cm³/mol. The Balaban J connectivity index is 1.68. The summed E-state index contributed by atoms with van der Waals surface area (Å²) in [6.07, 6.45) is 1.45. The molecule has 0 unspecified atom stereocenters. The lowest BCUT2D eigenvalue weighted by Crippen LogP contribution is -2.20. The molecule has 3 rings (SSSR count). The third-order valence-electron chi connectivity index (χ3n) is 3.29. The summed E-state index contributed by atoms with van der Waals surface area (Å²) in [4.78, 5) is 12.1. The van der Waals surface area contributed by atoms with Crippen molar-refractivity contribution in [2.45, 2.75) is 6.92 Å². The molecule has 0 spiro atoms. The molecule has 0 saturated heterocycles. The average molecular weight is 344 g/mol. The molecule has 0 saturated carbocycles. The van der Waals surface area contributed by atoms with Gasteiger partial charge >= 0.3 is 0 Å². The van der Waals surface area contributed by atoms with Crippen LogP contribution in [0.25, 0.3) is 5.69 Å². The Morgan fingerprint density at radius 3 is 2.88 bits per heavy atom. The van der Waals surface area contributed by atoms with E-state index in [0.29, 0.717) is 22.1 Å². The first-order valence-corrected chi connectivity index (χ1v) is 7.52. The summed E-state index contributed by atoms with van der Waals surface area (Å²) < 4.78 is 6.99. The molecule has 8 heteroatoms. The minimum atomic E-state index is -0.311. The van der Waals surface area contributed by atoms with Crippen LogP contribution in [0.5, 0.6) is 5.75 Å². The first kappa shape index (κ1) is 15.9. The number of rotatable bonds is 5. The maximum atomic E-state index is 12.1. The van der Waals surface area contributed by atoms with Gasteiger partial charge in [-0.05, 0) is 47.2 Å². The van der Waals surface area contributed by atoms with E-state index < -0.39 is 0 Å². The maximum Gasteiger partial charge on any atom is 0.262 e. The zero-order valence-electron chi connectivity index (χ0n) is 12.8. The zero-order chi connectivity index (χ0) is 16.9. The van der Waals surface area contributed by atoms with Crippen molar-refractivity contribution in [1.29, 1.82) is 0 Å². The van der Waals surface area contributed by atoms with Crippen LogP contribution in [0.1, 0.15) is 5.56 Å². The normalized spacial score (nSPS) is 10.4. The van der Waals surface area contributed by atoms with Crippen molar-refractivity contribution in [2.24, 2.45) is 0 Å². The summed E-state index contributed by atoms with van der Waals surface area (Å²) in [6.45, 7) is 1.80. The number of anilines is 1. The molecule has 0 fully saturated rings. The van der Waals surface area contributed by atoms with Gasteiger partial charge in [-0.3, -0.25) is 4.79 Å². The highest BCUT2D eigenvalue weighted by Gasteiger charge is 2.10. The first-order valence-electron chi connectivity index (χ1n) is 7.14. The fourth-order valence-electron chi connectivity index (χ4n) is 2.08. The van der Waals surface area contributed by atoms with Gasteiger partial charge in [0, 0.05) is 0 Å². The van der Waals surface area contributed by atoms with E-state index >= 15 is 0 Å². The number of aromatic nitrogens is 4. The lowest BCUT2D eigenvalue weighted by molar-refractivity contribution is -0.118. The number of tetrazole rings is 1. The number of aryl methyl sites for hydroxylation is 1. The number of carbonyl (C=O) groups is 1. The predicted octanol–water partition coefficient (Wildman–Crippen LogP) is 2.64. The Morgan fingerprint density at radius 2 is 2.12 bits per heavy atom. The van der Waals surface area contributed by atoms with Gasteiger partial charge in [0.15, 0.2) is 6.61 Å². The molecular formula is C16H14ClN5O2. The Hall–Kier alpha value is -2.93. The van der Waals surface area contributed by atoms with Crippen LogP contribution in [0.3, 0.4) is 0 Å². The molecule has 0 radical (unpaired) electrons. The number of nitrogens with one attached hydrogen (secondary N) is 1. The van der Waals surface area contributed by atoms with Crippen LogP contribution in [-0.4, -0.2) is 32.7 Å². The lowest BCUT2D eigenvalue weighted by Gasteiger charge is -2.11. The number of para-hydroxylation sites is 1. The third kappa shape index (κ3) is 3.69. The Labute approximate surface area is 143 Å². The van der Waals surface area contributed by atoms with Gasteiger partial charge in [-0.2, -0.15) is 0 Å². The van der Waals surface area contributed by atoms with E-state index in [9.17, 15) is 4.79 Å². The van der Waals surface area contributed by atoms with Crippen molar-refractivity contribution in [3.8, 4) is 11.4 Å². The van der Waals surface area contributed by atoms with Crippen LogP contribution in [0, 0.1) is 6.92 Å². The highest BCUT2D eigenvalue weighted by atomic mass is 35.5. The Bertz CT molecular complexity index is 851. The van der Waals surface area contributed by atoms with Crippen molar-refractivity contribution in [3.63, 3.8) is 0 Å². The van der Waals surface area contributed by atoms with Crippen LogP contribution < -0.4 is 10.1 Å². The first-order chi connectivity index (χ1) is 11.6. The van der Waals surface area contributed by atoms with Gasteiger partial charge in [0.1, 0.15) is 12.1 Å². The van der Waals surface area contributed by atoms with E-state index in [0.717, 1.165) is 5.56 Å². The minimum absolute atomic E-state index is 0.115. The molecule has 1 amide bonds. The molecule has 1 N–H and O–H groups in total. The number of nitrogens with zero attached hydrogens (tertiary/aromatic N) is 4. The smallest absolute Gasteiger partial charge is 0.262 e. The van der Waals surface area contributed by atoms with Crippen molar-refractivity contribution >= 4 is 23.2 Å². The van der Waals surface area contributed by atoms with Crippen LogP contribution in [-0.2, 0) is 4.79 Å². The second kappa shape index (κ2) is 7.10. The average Bonchev–Trinajstić information content (AvgIpc) is 3.11. The number of halogens is 1. The molecule has 0 atom stereocenters. The van der Waals surface area contributed by atoms with Crippen molar-refractivity contribution in [3.05, 3.63) is 59.4 Å². The zero-order valence-corrected chi connectivity index (χ0v) is 13.6. The van der Waals surface area contributed by atoms with E-state index in [1.807, 2.05) is 31.2 Å². The van der Waals surface area contributed by atoms with Crippen LogP contribution in [0.15, 0.2) is 48.8 Å². The Kier molecular flexibility index (Phi) is 4.72. The van der Waals surface area contributed by atoms with E-state index in [4.69, 9.17) is 16.3 Å². The van der Waals surface area contributed by atoms with E-state index in [2.05, 4.69) is 20.8 Å². The van der Waals surface area contributed by atoms with Gasteiger partial charge in [0.2, 0.25) is 0 Å². The van der Waals surface area contributed by atoms with E-state index in [1.165, 1.54) is 11.0 Å². The molecule has 0 aliphatic rings. The summed E-state index contributed by atoms with van der Waals surface area (Å²) in [5.41, 5.74) is 2.10. The number of amides is 1. The number of carbonyl (C=O) groups excluding carboxylic acids is 1. The fraction of sp³-hybridized carbons (Fsp3) is 0.125. The minimum Gasteiger partial charge on any atom is -0.483 e. The van der Waals surface area contributed by atoms with Gasteiger partial charge in [-0.15, -0.1) is 5.10 Å². The molecule has 7 nitrogen and oxygen atoms in total. The van der Waals surface area contributed by atoms with Crippen LogP contribution in [0.2, 0.25) is 5.02 Å². The van der Waals surface area contributed by atoms with Crippen LogP contribution in [0.4, 0.5) is 5.69 Å². The van der Waals surface area contributed by atoms with Crippen LogP contribution >= 0.6 is 11.6 Å². The second-order valence-corrected chi connectivity index (χ2v) is 5.43. The topological polar surface area (TPSA) is 81.9 Å². The molecule has 24 heavy (non-hydrogen) atoms. The van der Waals surface area contributed by atoms with Gasteiger partial charge in [0.25, 0.3) is 5.91 Å². The van der Waals surface area contributed by atoms with E-state index in [1.54, 1.807) is 18.2 Å². The quantitative estimate of drug-likeness (QED) is 0.770. The van der Waals surface area contributed by atoms with Gasteiger partial charge in [-0.1, -0.05) is 29.8 Å². The second-order valence-electron chi connectivity index (χ2n) is 5.02. The SMILES string of the molecule is Cc1ccccc1OCC(=O)Nc1cc(-n2cnnn2)ccc1Cl. The van der Waals surface area contributed by atoms with E-state index in [-0.39, 0.29) is 12.5 Å². The molecule has 122 valence electrons. The number of hydrogen-bond donors (Lipinski definition) is 1. The summed E-state index contributed by atoms with van der Waals surface area (Å²) >= 11 is 6.13. The lowest BCUT2D eigenvalue weighted by atomic mass is 10.2. The summed E-state index contributed by atoms with van der Waals surface area (Å²) in [5.74, 6) is 0.357. The van der Waals surface area contributed by atoms with Gasteiger partial charge in [0.05, 0.1) is 16.4 Å². The van der Waals surface area contributed by atoms with Gasteiger partial charge < -0.3 is 10.1 Å². The maximum absolute atomic E-state index is 12.1. The molecule has 0 bridgehead atoms. The molecule has 0 aliphatic carbocycles. The third-order valence-corrected chi connectivity index (χ3v) is 3.62. The molecule has 2 aromatic carbocycles. The molecular weight excluding hydrogens is 330 g/mol. The Morgan fingerprint density at radius 1 is 1.29 bits per heavy atom. The summed E-state index contributed by atoms with van der Waals surface area (Å²) in [5, 5.41) is 14.1. The van der Waals surface area contributed by atoms with Gasteiger partial charge in [-0.25, -0.2) is 4.68 Å².